The third-order valence-corrected chi connectivity index (χ3v) is 7.19. The first-order valence-electron chi connectivity index (χ1n) is 12.1. The Kier molecular flexibility index (Phi) is 5.54. The van der Waals surface area contributed by atoms with E-state index < -0.39 is 0 Å². The zero-order valence-corrected chi connectivity index (χ0v) is 20.0. The van der Waals surface area contributed by atoms with E-state index in [0.29, 0.717) is 50.2 Å². The molecule has 0 amide bonds. The third-order valence-electron chi connectivity index (χ3n) is 7.19. The highest BCUT2D eigenvalue weighted by molar-refractivity contribution is 5.74. The molecule has 0 bridgehead atoms. The number of nitrogens with zero attached hydrogens (tertiary/aromatic N) is 1. The van der Waals surface area contributed by atoms with Crippen molar-refractivity contribution in [2.45, 2.75) is 44.6 Å². The maximum Gasteiger partial charge on any atom is 0.254 e. The molecular weight excluding hydrogens is 446 g/mol. The quantitative estimate of drug-likeness (QED) is 0.539. The number of benzene rings is 2. The van der Waals surface area contributed by atoms with Crippen LogP contribution in [-0.2, 0) is 29.0 Å². The van der Waals surface area contributed by atoms with Crippen LogP contribution in [0.5, 0.6) is 17.2 Å². The zero-order valence-electron chi connectivity index (χ0n) is 20.0. The van der Waals surface area contributed by atoms with Crippen molar-refractivity contribution < 1.29 is 23.7 Å². The third kappa shape index (κ3) is 3.98. The predicted octanol–water partition coefficient (Wildman–Crippen LogP) is 3.90. The Morgan fingerprint density at radius 3 is 2.71 bits per heavy atom. The molecule has 2 aliphatic heterocycles. The Bertz CT molecular complexity index is 1310. The fourth-order valence-corrected chi connectivity index (χ4v) is 5.14. The van der Waals surface area contributed by atoms with Crippen molar-refractivity contribution in [3.8, 4) is 28.5 Å². The Balaban J connectivity index is 1.33. The van der Waals surface area contributed by atoms with Crippen LogP contribution in [0.3, 0.4) is 0 Å². The maximum absolute atomic E-state index is 13.1. The number of fused-ring (bicyclic) bond motifs is 3. The number of hydrogen-bond donors (Lipinski definition) is 0. The second-order valence-corrected chi connectivity index (χ2v) is 9.43. The van der Waals surface area contributed by atoms with Gasteiger partial charge in [-0.1, -0.05) is 30.3 Å². The van der Waals surface area contributed by atoms with Crippen LogP contribution in [0.4, 0.5) is 0 Å². The lowest BCUT2D eigenvalue weighted by Gasteiger charge is -2.27. The summed E-state index contributed by atoms with van der Waals surface area (Å²) in [6.45, 7) is 4.80. The van der Waals surface area contributed by atoms with Gasteiger partial charge in [-0.3, -0.25) is 4.79 Å². The molecule has 3 aliphatic rings. The van der Waals surface area contributed by atoms with Crippen LogP contribution in [-0.4, -0.2) is 43.2 Å². The van der Waals surface area contributed by atoms with Gasteiger partial charge in [0.1, 0.15) is 24.1 Å². The number of pyridine rings is 1. The molecule has 1 aliphatic carbocycles. The largest absolute Gasteiger partial charge is 0.493 e. The van der Waals surface area contributed by atoms with E-state index in [1.807, 2.05) is 54.0 Å². The Labute approximate surface area is 204 Å². The summed E-state index contributed by atoms with van der Waals surface area (Å²) < 4.78 is 31.5. The van der Waals surface area contributed by atoms with Crippen LogP contribution in [0.1, 0.15) is 23.1 Å². The van der Waals surface area contributed by atoms with Crippen LogP contribution in [0.15, 0.2) is 53.3 Å². The van der Waals surface area contributed by atoms with Crippen molar-refractivity contribution in [1.82, 2.24) is 4.57 Å². The standard InChI is InChI=1S/C28H29NO6/c1-18-22(35-25-15-28(25)17-32-10-11-34-28)14-26(30)29-9-8-20-12-24(23(31-2)13-21(20)27(18)29)33-16-19-6-4-3-5-7-19/h3-7,12-14,25H,8-11,15-17H2,1-2H3. The van der Waals surface area contributed by atoms with Crippen LogP contribution < -0.4 is 19.8 Å². The summed E-state index contributed by atoms with van der Waals surface area (Å²) in [5.41, 5.74) is 4.56. The van der Waals surface area contributed by atoms with E-state index in [-0.39, 0.29) is 17.3 Å². The van der Waals surface area contributed by atoms with E-state index in [1.54, 1.807) is 13.2 Å². The lowest BCUT2D eigenvalue weighted by molar-refractivity contribution is -0.117. The van der Waals surface area contributed by atoms with Crippen molar-refractivity contribution >= 4 is 0 Å². The van der Waals surface area contributed by atoms with E-state index in [4.69, 9.17) is 23.7 Å². The molecule has 6 rings (SSSR count). The molecule has 3 heterocycles. The Hall–Kier alpha value is -3.29. The van der Waals surface area contributed by atoms with Gasteiger partial charge >= 0.3 is 0 Å². The molecule has 7 heteroatoms. The molecular formula is C28H29NO6. The van der Waals surface area contributed by atoms with Gasteiger partial charge in [0.15, 0.2) is 11.5 Å². The fourth-order valence-electron chi connectivity index (χ4n) is 5.14. The van der Waals surface area contributed by atoms with Crippen molar-refractivity contribution in [1.29, 1.82) is 0 Å². The number of rotatable bonds is 6. The van der Waals surface area contributed by atoms with Crippen molar-refractivity contribution in [3.63, 3.8) is 0 Å². The number of aryl methyl sites for hydroxylation is 1. The topological polar surface area (TPSA) is 68.2 Å². The summed E-state index contributed by atoms with van der Waals surface area (Å²) in [4.78, 5) is 13.1. The van der Waals surface area contributed by atoms with E-state index >= 15 is 0 Å². The molecule has 7 nitrogen and oxygen atoms in total. The minimum atomic E-state index is -0.372. The monoisotopic (exact) mass is 475 g/mol. The number of methoxy groups -OCH3 is 1. The van der Waals surface area contributed by atoms with Gasteiger partial charge in [0.2, 0.25) is 0 Å². The molecule has 1 saturated heterocycles. The minimum absolute atomic E-state index is 0.0647. The van der Waals surface area contributed by atoms with Crippen LogP contribution in [0, 0.1) is 6.92 Å². The van der Waals surface area contributed by atoms with Crippen molar-refractivity contribution in [2.24, 2.45) is 0 Å². The molecule has 2 aromatic carbocycles. The highest BCUT2D eigenvalue weighted by Crippen LogP contribution is 2.46. The molecule has 35 heavy (non-hydrogen) atoms. The molecule has 1 saturated carbocycles. The second kappa shape index (κ2) is 8.73. The number of hydrogen-bond acceptors (Lipinski definition) is 6. The van der Waals surface area contributed by atoms with Gasteiger partial charge < -0.3 is 28.3 Å². The van der Waals surface area contributed by atoms with Gasteiger partial charge in [-0.05, 0) is 36.6 Å². The molecule has 2 unspecified atom stereocenters. The molecule has 3 aromatic rings. The summed E-state index contributed by atoms with van der Waals surface area (Å²) >= 11 is 0. The van der Waals surface area contributed by atoms with Gasteiger partial charge in [-0.15, -0.1) is 0 Å². The first kappa shape index (κ1) is 22.2. The van der Waals surface area contributed by atoms with E-state index in [0.717, 1.165) is 40.8 Å². The van der Waals surface area contributed by atoms with Crippen molar-refractivity contribution in [2.75, 3.05) is 26.9 Å². The number of ether oxygens (including phenoxy) is 5. The Morgan fingerprint density at radius 1 is 1.09 bits per heavy atom. The lowest BCUT2D eigenvalue weighted by Crippen LogP contribution is -2.35. The summed E-state index contributed by atoms with van der Waals surface area (Å²) in [5.74, 6) is 1.94. The molecule has 182 valence electrons. The minimum Gasteiger partial charge on any atom is -0.493 e. The predicted molar refractivity (Wildman–Crippen MR) is 130 cm³/mol. The molecule has 1 spiro atoms. The second-order valence-electron chi connectivity index (χ2n) is 9.43. The van der Waals surface area contributed by atoms with Gasteiger partial charge in [-0.25, -0.2) is 0 Å². The van der Waals surface area contributed by atoms with Crippen LogP contribution >= 0.6 is 0 Å². The van der Waals surface area contributed by atoms with E-state index in [1.165, 1.54) is 0 Å². The summed E-state index contributed by atoms with van der Waals surface area (Å²) in [6.07, 6.45) is 1.41. The van der Waals surface area contributed by atoms with E-state index in [2.05, 4.69) is 0 Å². The Morgan fingerprint density at radius 2 is 1.94 bits per heavy atom. The lowest BCUT2D eigenvalue weighted by atomic mass is 9.93. The van der Waals surface area contributed by atoms with Crippen LogP contribution in [0.25, 0.3) is 11.3 Å². The molecule has 1 aromatic heterocycles. The van der Waals surface area contributed by atoms with Gasteiger partial charge in [0, 0.05) is 30.2 Å². The van der Waals surface area contributed by atoms with Gasteiger partial charge in [0.25, 0.3) is 5.56 Å². The van der Waals surface area contributed by atoms with E-state index in [9.17, 15) is 4.79 Å². The summed E-state index contributed by atoms with van der Waals surface area (Å²) in [7, 11) is 1.64. The smallest absolute Gasteiger partial charge is 0.254 e. The fraction of sp³-hybridized carbons (Fsp3) is 0.393. The molecule has 2 fully saturated rings. The first-order chi connectivity index (χ1) is 17.1. The van der Waals surface area contributed by atoms with Crippen molar-refractivity contribution in [3.05, 3.63) is 75.6 Å². The summed E-state index contributed by atoms with van der Waals surface area (Å²) in [5, 5.41) is 0. The SMILES string of the molecule is COc1cc2c(cc1OCc1ccccc1)CCn1c-2c(C)c(OC2CC23COCCO3)cc1=O. The average molecular weight is 476 g/mol. The average Bonchev–Trinajstić information content (AvgIpc) is 3.55. The highest BCUT2D eigenvalue weighted by Gasteiger charge is 2.59. The van der Waals surface area contributed by atoms with Gasteiger partial charge in [0.05, 0.1) is 32.6 Å². The summed E-state index contributed by atoms with van der Waals surface area (Å²) in [6, 6.07) is 15.7. The molecule has 2 atom stereocenters. The number of aromatic nitrogens is 1. The molecule has 0 N–H and O–H groups in total. The zero-order chi connectivity index (χ0) is 24.0. The highest BCUT2D eigenvalue weighted by atomic mass is 16.6. The normalized spacial score (nSPS) is 22.3. The first-order valence-corrected chi connectivity index (χ1v) is 12.1. The molecule has 0 radical (unpaired) electrons. The maximum atomic E-state index is 13.1. The van der Waals surface area contributed by atoms with Gasteiger partial charge in [-0.2, -0.15) is 0 Å². The van der Waals surface area contributed by atoms with Crippen LogP contribution in [0.2, 0.25) is 0 Å².